The van der Waals surface area contributed by atoms with Crippen LogP contribution in [-0.4, -0.2) is 18.9 Å². The number of hydrogen-bond acceptors (Lipinski definition) is 3. The Bertz CT molecular complexity index is 318. The molecule has 0 rings (SSSR count). The Labute approximate surface area is 130 Å². The van der Waals surface area contributed by atoms with Crippen LogP contribution in [0.15, 0.2) is 11.6 Å². The summed E-state index contributed by atoms with van der Waals surface area (Å²) in [6.45, 7) is 4.32. The number of hydrogen-bond donors (Lipinski definition) is 0. The van der Waals surface area contributed by atoms with Crippen molar-refractivity contribution < 1.29 is 14.3 Å². The standard InChI is InChI=1S/C18H32O3/c1-4-6-8-10-11-16(15-18(20)21-3)13-14-17(19)12-9-7-5-2/h15H,4-14H2,1-3H3/b16-15+. The van der Waals surface area contributed by atoms with Crippen LogP contribution in [0.1, 0.15) is 84.5 Å². The Morgan fingerprint density at radius 1 is 0.810 bits per heavy atom. The molecule has 0 radical (unpaired) electrons. The van der Waals surface area contributed by atoms with Gasteiger partial charge in [-0.1, -0.05) is 51.5 Å². The zero-order valence-corrected chi connectivity index (χ0v) is 14.1. The van der Waals surface area contributed by atoms with Crippen LogP contribution < -0.4 is 0 Å². The van der Waals surface area contributed by atoms with Gasteiger partial charge in [0.05, 0.1) is 7.11 Å². The molecule has 0 saturated carbocycles. The zero-order chi connectivity index (χ0) is 15.9. The van der Waals surface area contributed by atoms with E-state index in [1.54, 1.807) is 6.08 Å². The first-order chi connectivity index (χ1) is 10.1. The molecule has 3 heteroatoms. The molecule has 0 aromatic rings. The molecular formula is C18H32O3. The summed E-state index contributed by atoms with van der Waals surface area (Å²) in [5.41, 5.74) is 1.06. The van der Waals surface area contributed by atoms with Crippen molar-refractivity contribution in [2.24, 2.45) is 0 Å². The topological polar surface area (TPSA) is 43.4 Å². The zero-order valence-electron chi connectivity index (χ0n) is 14.1. The average Bonchev–Trinajstić information content (AvgIpc) is 2.48. The maximum atomic E-state index is 11.8. The van der Waals surface area contributed by atoms with Crippen molar-refractivity contribution in [2.45, 2.75) is 84.5 Å². The van der Waals surface area contributed by atoms with E-state index in [2.05, 4.69) is 13.8 Å². The second-order valence-corrected chi connectivity index (χ2v) is 5.63. The number of esters is 1. The Balaban J connectivity index is 4.17. The molecule has 122 valence electrons. The van der Waals surface area contributed by atoms with Crippen LogP contribution >= 0.6 is 0 Å². The van der Waals surface area contributed by atoms with Gasteiger partial charge in [0.1, 0.15) is 5.78 Å². The first kappa shape index (κ1) is 19.9. The Morgan fingerprint density at radius 3 is 2.05 bits per heavy atom. The number of carbonyl (C=O) groups excluding carboxylic acids is 2. The minimum absolute atomic E-state index is 0.307. The molecule has 0 spiro atoms. The van der Waals surface area contributed by atoms with E-state index < -0.39 is 0 Å². The molecule has 0 unspecified atom stereocenters. The highest BCUT2D eigenvalue weighted by Gasteiger charge is 2.07. The molecular weight excluding hydrogens is 264 g/mol. The van der Waals surface area contributed by atoms with E-state index in [1.807, 2.05) is 0 Å². The van der Waals surface area contributed by atoms with Crippen LogP contribution in [0.4, 0.5) is 0 Å². The number of methoxy groups -OCH3 is 1. The van der Waals surface area contributed by atoms with Crippen molar-refractivity contribution in [3.63, 3.8) is 0 Å². The summed E-state index contributed by atoms with van der Waals surface area (Å²) in [5.74, 6) is 0.00620. The van der Waals surface area contributed by atoms with Crippen molar-refractivity contribution in [1.82, 2.24) is 0 Å². The fourth-order valence-electron chi connectivity index (χ4n) is 2.27. The lowest BCUT2D eigenvalue weighted by molar-refractivity contribution is -0.135. The lowest BCUT2D eigenvalue weighted by Gasteiger charge is -2.07. The fourth-order valence-corrected chi connectivity index (χ4v) is 2.27. The van der Waals surface area contributed by atoms with Crippen molar-refractivity contribution >= 4 is 11.8 Å². The Kier molecular flexibility index (Phi) is 13.1. The molecule has 0 aromatic heterocycles. The van der Waals surface area contributed by atoms with Gasteiger partial charge in [0, 0.05) is 18.9 Å². The molecule has 0 fully saturated rings. The number of Topliss-reactive ketones (excluding diaryl/α,β-unsaturated/α-hetero) is 1. The van der Waals surface area contributed by atoms with Crippen LogP contribution in [0.5, 0.6) is 0 Å². The number of unbranched alkanes of at least 4 members (excludes halogenated alkanes) is 5. The number of ketones is 1. The largest absolute Gasteiger partial charge is 0.466 e. The van der Waals surface area contributed by atoms with Crippen molar-refractivity contribution in [2.75, 3.05) is 7.11 Å². The minimum atomic E-state index is -0.307. The van der Waals surface area contributed by atoms with Crippen LogP contribution in [0.25, 0.3) is 0 Å². The monoisotopic (exact) mass is 296 g/mol. The number of carbonyl (C=O) groups is 2. The fraction of sp³-hybridized carbons (Fsp3) is 0.778. The van der Waals surface area contributed by atoms with E-state index in [4.69, 9.17) is 4.74 Å². The first-order valence-corrected chi connectivity index (χ1v) is 8.43. The predicted octanol–water partition coefficient (Wildman–Crippen LogP) is 4.99. The van der Waals surface area contributed by atoms with Crippen LogP contribution in [0.2, 0.25) is 0 Å². The summed E-state index contributed by atoms with van der Waals surface area (Å²) < 4.78 is 4.69. The lowest BCUT2D eigenvalue weighted by atomic mass is 9.99. The summed E-state index contributed by atoms with van der Waals surface area (Å²) in [6, 6.07) is 0. The normalized spacial score (nSPS) is 11.5. The summed E-state index contributed by atoms with van der Waals surface area (Å²) in [7, 11) is 1.39. The van der Waals surface area contributed by atoms with E-state index in [0.717, 1.165) is 37.7 Å². The Morgan fingerprint density at radius 2 is 1.43 bits per heavy atom. The molecule has 0 atom stereocenters. The highest BCUT2D eigenvalue weighted by atomic mass is 16.5. The third-order valence-electron chi connectivity index (χ3n) is 3.66. The van der Waals surface area contributed by atoms with Gasteiger partial charge >= 0.3 is 5.97 Å². The summed E-state index contributed by atoms with van der Waals surface area (Å²) >= 11 is 0. The molecule has 0 aliphatic carbocycles. The third kappa shape index (κ3) is 12.3. The minimum Gasteiger partial charge on any atom is -0.466 e. The number of ether oxygens (including phenoxy) is 1. The van der Waals surface area contributed by atoms with Gasteiger partial charge in [0.15, 0.2) is 0 Å². The summed E-state index contributed by atoms with van der Waals surface area (Å²) in [4.78, 5) is 23.2. The molecule has 0 aliphatic rings. The summed E-state index contributed by atoms with van der Waals surface area (Å²) in [5, 5.41) is 0. The smallest absolute Gasteiger partial charge is 0.330 e. The van der Waals surface area contributed by atoms with E-state index in [-0.39, 0.29) is 5.97 Å². The second-order valence-electron chi connectivity index (χ2n) is 5.63. The summed E-state index contributed by atoms with van der Waals surface area (Å²) in [6.07, 6.45) is 12.3. The van der Waals surface area contributed by atoms with Crippen LogP contribution in [-0.2, 0) is 14.3 Å². The van der Waals surface area contributed by atoms with Crippen molar-refractivity contribution in [3.05, 3.63) is 11.6 Å². The molecule has 0 heterocycles. The van der Waals surface area contributed by atoms with Gasteiger partial charge in [-0.15, -0.1) is 0 Å². The second kappa shape index (κ2) is 13.8. The molecule has 0 saturated heterocycles. The molecule has 0 amide bonds. The highest BCUT2D eigenvalue weighted by molar-refractivity contribution is 5.83. The van der Waals surface area contributed by atoms with Gasteiger partial charge < -0.3 is 4.74 Å². The Hall–Kier alpha value is -1.12. The molecule has 0 aliphatic heterocycles. The van der Waals surface area contributed by atoms with Crippen molar-refractivity contribution in [3.8, 4) is 0 Å². The third-order valence-corrected chi connectivity index (χ3v) is 3.66. The highest BCUT2D eigenvalue weighted by Crippen LogP contribution is 2.17. The molecule has 0 N–H and O–H groups in total. The van der Waals surface area contributed by atoms with Crippen LogP contribution in [0, 0.1) is 0 Å². The first-order valence-electron chi connectivity index (χ1n) is 8.43. The van der Waals surface area contributed by atoms with Gasteiger partial charge in [-0.25, -0.2) is 4.79 Å². The van der Waals surface area contributed by atoms with Crippen LogP contribution in [0.3, 0.4) is 0 Å². The molecule has 0 bridgehead atoms. The maximum Gasteiger partial charge on any atom is 0.330 e. The average molecular weight is 296 g/mol. The predicted molar refractivity (Wildman–Crippen MR) is 87.2 cm³/mol. The lowest BCUT2D eigenvalue weighted by Crippen LogP contribution is -2.02. The molecule has 0 aromatic carbocycles. The van der Waals surface area contributed by atoms with Gasteiger partial charge in [0.25, 0.3) is 0 Å². The quantitative estimate of drug-likeness (QED) is 0.273. The van der Waals surface area contributed by atoms with E-state index in [0.29, 0.717) is 25.0 Å². The molecule has 3 nitrogen and oxygen atoms in total. The van der Waals surface area contributed by atoms with E-state index in [1.165, 1.54) is 26.4 Å². The van der Waals surface area contributed by atoms with Crippen molar-refractivity contribution in [1.29, 1.82) is 0 Å². The van der Waals surface area contributed by atoms with Gasteiger partial charge in [-0.2, -0.15) is 0 Å². The maximum absolute atomic E-state index is 11.8. The number of rotatable bonds is 13. The number of allylic oxidation sites excluding steroid dienone is 1. The van der Waals surface area contributed by atoms with Gasteiger partial charge in [-0.05, 0) is 25.7 Å². The van der Waals surface area contributed by atoms with Gasteiger partial charge in [0.2, 0.25) is 0 Å². The van der Waals surface area contributed by atoms with Gasteiger partial charge in [-0.3, -0.25) is 4.79 Å². The molecule has 21 heavy (non-hydrogen) atoms. The van der Waals surface area contributed by atoms with E-state index in [9.17, 15) is 9.59 Å². The SMILES string of the molecule is CCCCCC/C(=C\C(=O)OC)CCC(=O)CCCCC. The van der Waals surface area contributed by atoms with E-state index >= 15 is 0 Å².